The third-order valence-corrected chi connectivity index (χ3v) is 1.97. The van der Waals surface area contributed by atoms with Gasteiger partial charge in [-0.25, -0.2) is 17.8 Å². The Morgan fingerprint density at radius 1 is 1.41 bits per heavy atom. The summed E-state index contributed by atoms with van der Waals surface area (Å²) in [5.41, 5.74) is 0.567. The SMILES string of the molecule is COC(=O)c1ccc[n+](C)c1.COS(=O)(=O)[O-]. The summed E-state index contributed by atoms with van der Waals surface area (Å²) in [6.45, 7) is 0. The van der Waals surface area contributed by atoms with Crippen LogP contribution in [-0.2, 0) is 26.4 Å². The maximum absolute atomic E-state index is 10.9. The number of aryl methyl sites for hydroxylation is 1. The number of carbonyl (C=O) groups is 1. The highest BCUT2D eigenvalue weighted by molar-refractivity contribution is 7.80. The van der Waals surface area contributed by atoms with Gasteiger partial charge in [0.1, 0.15) is 12.6 Å². The maximum atomic E-state index is 10.9. The number of ether oxygens (including phenoxy) is 1. The van der Waals surface area contributed by atoms with Crippen LogP contribution in [0.5, 0.6) is 0 Å². The molecule has 0 aliphatic heterocycles. The molecule has 0 N–H and O–H groups in total. The Morgan fingerprint density at radius 3 is 2.29 bits per heavy atom. The molecule has 17 heavy (non-hydrogen) atoms. The largest absolute Gasteiger partial charge is 0.726 e. The van der Waals surface area contributed by atoms with E-state index in [9.17, 15) is 17.8 Å². The Kier molecular flexibility index (Phi) is 6.33. The van der Waals surface area contributed by atoms with Gasteiger partial charge in [0.15, 0.2) is 12.4 Å². The molecule has 0 aliphatic carbocycles. The van der Waals surface area contributed by atoms with Gasteiger partial charge >= 0.3 is 5.97 Å². The number of aromatic nitrogens is 1. The first-order valence-electron chi connectivity index (χ1n) is 4.35. The number of hydrogen-bond donors (Lipinski definition) is 0. The summed E-state index contributed by atoms with van der Waals surface area (Å²) in [7, 11) is -0.380. The van der Waals surface area contributed by atoms with Crippen molar-refractivity contribution < 1.29 is 31.3 Å². The smallest absolute Gasteiger partial charge is 0.343 e. The van der Waals surface area contributed by atoms with Gasteiger partial charge in [-0.05, 0) is 6.07 Å². The second-order valence-electron chi connectivity index (χ2n) is 2.82. The second-order valence-corrected chi connectivity index (χ2v) is 3.97. The van der Waals surface area contributed by atoms with Gasteiger partial charge in [0.05, 0.1) is 14.2 Å². The van der Waals surface area contributed by atoms with Crippen molar-refractivity contribution in [3.8, 4) is 0 Å². The van der Waals surface area contributed by atoms with Gasteiger partial charge in [0, 0.05) is 6.07 Å². The summed E-state index contributed by atoms with van der Waals surface area (Å²) >= 11 is 0. The van der Waals surface area contributed by atoms with Crippen LogP contribution in [0.25, 0.3) is 0 Å². The quantitative estimate of drug-likeness (QED) is 0.305. The van der Waals surface area contributed by atoms with Crippen LogP contribution in [0.2, 0.25) is 0 Å². The number of hydrogen-bond acceptors (Lipinski definition) is 6. The molecule has 1 aromatic heterocycles. The average Bonchev–Trinajstić information content (AvgIpc) is 2.28. The Bertz CT molecular complexity index is 470. The summed E-state index contributed by atoms with van der Waals surface area (Å²) in [5, 5.41) is 0. The molecule has 1 rings (SSSR count). The predicted octanol–water partition coefficient (Wildman–Crippen LogP) is -0.609. The van der Waals surface area contributed by atoms with Crippen molar-refractivity contribution in [1.29, 1.82) is 0 Å². The van der Waals surface area contributed by atoms with Gasteiger partial charge in [-0.3, -0.25) is 4.18 Å². The van der Waals surface area contributed by atoms with Gasteiger partial charge in [-0.1, -0.05) is 0 Å². The highest BCUT2D eigenvalue weighted by Crippen LogP contribution is 1.95. The lowest BCUT2D eigenvalue weighted by molar-refractivity contribution is -0.671. The summed E-state index contributed by atoms with van der Waals surface area (Å²) < 4.78 is 37.4. The number of carbonyl (C=O) groups excluding carboxylic acids is 1. The van der Waals surface area contributed by atoms with Gasteiger partial charge in [-0.2, -0.15) is 0 Å². The third-order valence-electron chi connectivity index (χ3n) is 1.56. The van der Waals surface area contributed by atoms with Crippen LogP contribution in [-0.4, -0.2) is 33.2 Å². The zero-order chi connectivity index (χ0) is 13.5. The zero-order valence-corrected chi connectivity index (χ0v) is 10.4. The lowest BCUT2D eigenvalue weighted by Gasteiger charge is -1.98. The van der Waals surface area contributed by atoms with Crippen molar-refractivity contribution in [2.45, 2.75) is 0 Å². The minimum atomic E-state index is -4.41. The van der Waals surface area contributed by atoms with Crippen LogP contribution in [0.15, 0.2) is 24.5 Å². The molecule has 1 heterocycles. The molecule has 0 aromatic carbocycles. The van der Waals surface area contributed by atoms with Crippen LogP contribution >= 0.6 is 0 Å². The highest BCUT2D eigenvalue weighted by atomic mass is 32.3. The Morgan fingerprint density at radius 2 is 1.94 bits per heavy atom. The van der Waals surface area contributed by atoms with E-state index in [-0.39, 0.29) is 5.97 Å². The molecule has 0 aliphatic rings. The Hall–Kier alpha value is -1.51. The molecule has 0 saturated heterocycles. The summed E-state index contributed by atoms with van der Waals surface area (Å²) in [4.78, 5) is 10.9. The molecule has 0 unspecified atom stereocenters. The predicted molar refractivity (Wildman–Crippen MR) is 55.7 cm³/mol. The molecule has 0 atom stereocenters. The second kappa shape index (κ2) is 6.94. The monoisotopic (exact) mass is 263 g/mol. The molecule has 7 nitrogen and oxygen atoms in total. The van der Waals surface area contributed by atoms with Crippen molar-refractivity contribution in [1.82, 2.24) is 0 Å². The van der Waals surface area contributed by atoms with Crippen LogP contribution < -0.4 is 4.57 Å². The van der Waals surface area contributed by atoms with Gasteiger partial charge in [-0.15, -0.1) is 0 Å². The molecule has 0 spiro atoms. The lowest BCUT2D eigenvalue weighted by atomic mass is 10.3. The molecular weight excluding hydrogens is 250 g/mol. The summed E-state index contributed by atoms with van der Waals surface area (Å²) in [5.74, 6) is -0.304. The summed E-state index contributed by atoms with van der Waals surface area (Å²) in [6, 6.07) is 3.51. The fraction of sp³-hybridized carbons (Fsp3) is 0.333. The number of rotatable bonds is 2. The van der Waals surface area contributed by atoms with Crippen molar-refractivity contribution in [3.63, 3.8) is 0 Å². The first kappa shape index (κ1) is 15.5. The Labute approximate surface area is 99.6 Å². The van der Waals surface area contributed by atoms with E-state index in [0.29, 0.717) is 5.56 Å². The fourth-order valence-electron chi connectivity index (χ4n) is 0.827. The van der Waals surface area contributed by atoms with Crippen molar-refractivity contribution >= 4 is 16.4 Å². The number of pyridine rings is 1. The molecule has 0 amide bonds. The van der Waals surface area contributed by atoms with Crippen LogP contribution in [0.3, 0.4) is 0 Å². The number of methoxy groups -OCH3 is 1. The minimum Gasteiger partial charge on any atom is -0.726 e. The van der Waals surface area contributed by atoms with E-state index in [1.165, 1.54) is 7.11 Å². The first-order chi connectivity index (χ1) is 7.80. The molecule has 8 heteroatoms. The number of esters is 1. The number of nitrogens with zero attached hydrogens (tertiary/aromatic N) is 1. The van der Waals surface area contributed by atoms with E-state index in [1.54, 1.807) is 22.9 Å². The van der Waals surface area contributed by atoms with Crippen molar-refractivity contribution in [3.05, 3.63) is 30.1 Å². The third kappa shape index (κ3) is 7.39. The van der Waals surface area contributed by atoms with Gasteiger partial charge in [0.25, 0.3) is 0 Å². The highest BCUT2D eigenvalue weighted by Gasteiger charge is 2.07. The van der Waals surface area contributed by atoms with E-state index >= 15 is 0 Å². The van der Waals surface area contributed by atoms with Crippen LogP contribution in [0, 0.1) is 0 Å². The van der Waals surface area contributed by atoms with E-state index in [1.807, 2.05) is 13.2 Å². The Balaban J connectivity index is 0.000000366. The van der Waals surface area contributed by atoms with Crippen LogP contribution in [0.1, 0.15) is 10.4 Å². The van der Waals surface area contributed by atoms with Gasteiger partial charge in [0.2, 0.25) is 10.4 Å². The molecule has 0 fully saturated rings. The van der Waals surface area contributed by atoms with E-state index in [4.69, 9.17) is 0 Å². The molecule has 0 saturated carbocycles. The van der Waals surface area contributed by atoms with Crippen LogP contribution in [0.4, 0.5) is 0 Å². The first-order valence-corrected chi connectivity index (χ1v) is 5.68. The normalized spacial score (nSPS) is 10.1. The molecular formula is C9H13NO6S. The molecule has 1 aromatic rings. The lowest BCUT2D eigenvalue weighted by Crippen LogP contribution is -2.27. The average molecular weight is 263 g/mol. The van der Waals surface area contributed by atoms with Crippen molar-refractivity contribution in [2.24, 2.45) is 7.05 Å². The minimum absolute atomic E-state index is 0.304. The van der Waals surface area contributed by atoms with E-state index in [0.717, 1.165) is 7.11 Å². The van der Waals surface area contributed by atoms with Gasteiger partial charge < -0.3 is 9.29 Å². The molecule has 0 radical (unpaired) electrons. The van der Waals surface area contributed by atoms with E-state index < -0.39 is 10.4 Å². The van der Waals surface area contributed by atoms with E-state index in [2.05, 4.69) is 8.92 Å². The summed E-state index contributed by atoms with van der Waals surface area (Å²) in [6.07, 6.45) is 3.57. The fourth-order valence-corrected chi connectivity index (χ4v) is 0.827. The zero-order valence-electron chi connectivity index (χ0n) is 9.61. The topological polar surface area (TPSA) is 96.6 Å². The van der Waals surface area contributed by atoms with Crippen molar-refractivity contribution in [2.75, 3.05) is 14.2 Å². The standard InChI is InChI=1S/C8H10NO2.CH4O4S/c1-9-5-3-4-7(6-9)8(10)11-2;1-5-6(2,3)4/h3-6H,1-2H3;1H3,(H,2,3,4)/q+1;/p-1. The molecule has 0 bridgehead atoms. The molecule has 96 valence electrons. The maximum Gasteiger partial charge on any atom is 0.343 e.